The van der Waals surface area contributed by atoms with Gasteiger partial charge in [0, 0.05) is 47.7 Å². The summed E-state index contributed by atoms with van der Waals surface area (Å²) in [5.41, 5.74) is 14.0. The first-order valence-electron chi connectivity index (χ1n) is 14.6. The third kappa shape index (κ3) is 9.68. The van der Waals surface area contributed by atoms with Crippen LogP contribution in [0.15, 0.2) is 58.6 Å². The second-order valence-electron chi connectivity index (χ2n) is 11.7. The molecule has 0 saturated heterocycles. The average Bonchev–Trinajstić information content (AvgIpc) is 3.36. The van der Waals surface area contributed by atoms with Crippen molar-refractivity contribution in [1.29, 1.82) is 0 Å². The van der Waals surface area contributed by atoms with Crippen LogP contribution in [0.1, 0.15) is 63.7 Å². The topological polar surface area (TPSA) is 170 Å². The second kappa shape index (κ2) is 16.1. The van der Waals surface area contributed by atoms with Gasteiger partial charge in [0.2, 0.25) is 5.90 Å². The largest absolute Gasteiger partial charge is 0.494 e. The zero-order valence-corrected chi connectivity index (χ0v) is 26.1. The standard InChI is InChI=1S/C31H43N7O6/c1-30(2,3)44-26(40)16-17-31(29(41)36-33-18-8-19-38(4)5)27(24-10-6-7-11-25(24)35-37-32)43-28(34-31)22-12-14-23(15-13-22)42-21-9-20-39/h6-7,10-15,27,33,39H,8-9,16-21H2,1-5H3,(H,36,41)/t27-,31-/m0/s1. The lowest BCUT2D eigenvalue weighted by Crippen LogP contribution is -2.53. The maximum Gasteiger partial charge on any atom is 0.306 e. The average molecular weight is 610 g/mol. The molecular formula is C31H43N7O6. The lowest BCUT2D eigenvalue weighted by Gasteiger charge is -2.31. The van der Waals surface area contributed by atoms with E-state index in [-0.39, 0.29) is 31.0 Å². The molecule has 0 aliphatic carbocycles. The van der Waals surface area contributed by atoms with E-state index in [9.17, 15) is 15.1 Å². The third-order valence-electron chi connectivity index (χ3n) is 6.64. The first-order chi connectivity index (χ1) is 21.0. The number of esters is 1. The van der Waals surface area contributed by atoms with Crippen molar-refractivity contribution in [1.82, 2.24) is 15.8 Å². The molecule has 238 valence electrons. The molecule has 44 heavy (non-hydrogen) atoms. The number of nitrogens with zero attached hydrogens (tertiary/aromatic N) is 5. The minimum atomic E-state index is -1.63. The lowest BCUT2D eigenvalue weighted by molar-refractivity contribution is -0.155. The van der Waals surface area contributed by atoms with Crippen LogP contribution in [-0.4, -0.2) is 79.3 Å². The van der Waals surface area contributed by atoms with E-state index in [2.05, 4.69) is 20.9 Å². The van der Waals surface area contributed by atoms with Crippen LogP contribution in [-0.2, 0) is 19.1 Å². The molecule has 0 spiro atoms. The van der Waals surface area contributed by atoms with Gasteiger partial charge in [0.1, 0.15) is 11.4 Å². The number of aliphatic hydroxyl groups is 1. The van der Waals surface area contributed by atoms with Crippen LogP contribution in [0, 0.1) is 0 Å². The van der Waals surface area contributed by atoms with Crippen LogP contribution >= 0.6 is 0 Å². The van der Waals surface area contributed by atoms with Gasteiger partial charge < -0.3 is 24.2 Å². The summed E-state index contributed by atoms with van der Waals surface area (Å²) in [6, 6.07) is 13.8. The summed E-state index contributed by atoms with van der Waals surface area (Å²) in [7, 11) is 3.94. The number of carbonyl (C=O) groups is 2. The first-order valence-corrected chi connectivity index (χ1v) is 14.6. The number of hydrazine groups is 1. The molecule has 3 N–H and O–H groups in total. The summed E-state index contributed by atoms with van der Waals surface area (Å²) in [5, 5.41) is 12.9. The SMILES string of the molecule is CN(C)CCCNNC(=O)[C@@]1(CCC(=O)OC(C)(C)C)N=C(c2ccc(OCCCO)cc2)O[C@H]1c1ccccc1N=[N+]=[N-]. The van der Waals surface area contributed by atoms with Crippen molar-refractivity contribution in [2.45, 2.75) is 63.7 Å². The number of rotatable bonds is 16. The van der Waals surface area contributed by atoms with Crippen LogP contribution in [0.5, 0.6) is 5.75 Å². The number of aliphatic imine (C=N–C) groups is 1. The van der Waals surface area contributed by atoms with E-state index in [0.717, 1.165) is 13.0 Å². The molecule has 0 radical (unpaired) electrons. The Hall–Kier alpha value is -4.16. The van der Waals surface area contributed by atoms with E-state index in [0.29, 0.717) is 36.4 Å². The molecule has 13 heteroatoms. The lowest BCUT2D eigenvalue weighted by atomic mass is 9.83. The Labute approximate surface area is 258 Å². The summed E-state index contributed by atoms with van der Waals surface area (Å²) in [6.45, 7) is 7.03. The second-order valence-corrected chi connectivity index (χ2v) is 11.7. The molecule has 0 fully saturated rings. The van der Waals surface area contributed by atoms with Gasteiger partial charge in [-0.05, 0) is 84.0 Å². The molecule has 0 bridgehead atoms. The van der Waals surface area contributed by atoms with Gasteiger partial charge in [-0.25, -0.2) is 10.4 Å². The van der Waals surface area contributed by atoms with Crippen molar-refractivity contribution in [3.05, 3.63) is 70.1 Å². The Kier molecular flexibility index (Phi) is 12.5. The molecule has 0 unspecified atom stereocenters. The van der Waals surface area contributed by atoms with Crippen molar-refractivity contribution in [3.63, 3.8) is 0 Å². The van der Waals surface area contributed by atoms with Gasteiger partial charge in [-0.3, -0.25) is 15.0 Å². The fraction of sp³-hybridized carbons (Fsp3) is 0.516. The summed E-state index contributed by atoms with van der Waals surface area (Å²) >= 11 is 0. The number of carbonyl (C=O) groups excluding carboxylic acids is 2. The minimum absolute atomic E-state index is 0.0272. The van der Waals surface area contributed by atoms with Gasteiger partial charge in [0.25, 0.3) is 5.91 Å². The Bertz CT molecular complexity index is 1340. The van der Waals surface area contributed by atoms with Gasteiger partial charge in [-0.15, -0.1) is 0 Å². The predicted octanol–water partition coefficient (Wildman–Crippen LogP) is 4.34. The molecule has 1 aliphatic rings. The maximum absolute atomic E-state index is 14.1. The van der Waals surface area contributed by atoms with Crippen molar-refractivity contribution in [3.8, 4) is 5.75 Å². The van der Waals surface area contributed by atoms with Crippen molar-refractivity contribution in [2.75, 3.05) is 40.4 Å². The number of hydrogen-bond donors (Lipinski definition) is 3. The van der Waals surface area contributed by atoms with Crippen molar-refractivity contribution < 1.29 is 28.9 Å². The van der Waals surface area contributed by atoms with Gasteiger partial charge in [0.05, 0.1) is 6.61 Å². The molecule has 1 heterocycles. The smallest absolute Gasteiger partial charge is 0.306 e. The molecule has 3 rings (SSSR count). The highest BCUT2D eigenvalue weighted by Gasteiger charge is 2.54. The van der Waals surface area contributed by atoms with E-state index >= 15 is 0 Å². The number of benzene rings is 2. The highest BCUT2D eigenvalue weighted by molar-refractivity contribution is 6.01. The Morgan fingerprint density at radius 1 is 1.16 bits per heavy atom. The third-order valence-corrected chi connectivity index (χ3v) is 6.64. The number of aliphatic hydroxyl groups excluding tert-OH is 1. The van der Waals surface area contributed by atoms with E-state index in [4.69, 9.17) is 24.3 Å². The Morgan fingerprint density at radius 2 is 1.89 bits per heavy atom. The Balaban J connectivity index is 2.04. The van der Waals surface area contributed by atoms with Crippen LogP contribution < -0.4 is 15.6 Å². The monoisotopic (exact) mass is 609 g/mol. The minimum Gasteiger partial charge on any atom is -0.494 e. The molecular weight excluding hydrogens is 566 g/mol. The summed E-state index contributed by atoms with van der Waals surface area (Å²) < 4.78 is 17.6. The summed E-state index contributed by atoms with van der Waals surface area (Å²) in [5.74, 6) is -0.217. The van der Waals surface area contributed by atoms with E-state index in [1.54, 1.807) is 69.3 Å². The summed E-state index contributed by atoms with van der Waals surface area (Å²) in [4.78, 5) is 36.9. The molecule has 0 aromatic heterocycles. The number of azide groups is 1. The van der Waals surface area contributed by atoms with E-state index in [1.807, 2.05) is 19.0 Å². The molecule has 2 aromatic carbocycles. The fourth-order valence-electron chi connectivity index (χ4n) is 4.62. The van der Waals surface area contributed by atoms with Gasteiger partial charge in [-0.1, -0.05) is 29.4 Å². The molecule has 2 aromatic rings. The summed E-state index contributed by atoms with van der Waals surface area (Å²) in [6.07, 6.45) is 0.0736. The molecule has 1 aliphatic heterocycles. The van der Waals surface area contributed by atoms with E-state index in [1.165, 1.54) is 0 Å². The van der Waals surface area contributed by atoms with E-state index < -0.39 is 29.1 Å². The fourth-order valence-corrected chi connectivity index (χ4v) is 4.62. The quantitative estimate of drug-likeness (QED) is 0.0630. The zero-order chi connectivity index (χ0) is 32.2. The molecule has 0 saturated carbocycles. The molecule has 2 atom stereocenters. The van der Waals surface area contributed by atoms with Gasteiger partial charge >= 0.3 is 5.97 Å². The highest BCUT2D eigenvalue weighted by atomic mass is 16.6. The van der Waals surface area contributed by atoms with Crippen LogP contribution in [0.4, 0.5) is 5.69 Å². The van der Waals surface area contributed by atoms with Gasteiger partial charge in [-0.2, -0.15) is 0 Å². The van der Waals surface area contributed by atoms with Gasteiger partial charge in [0.15, 0.2) is 11.6 Å². The normalized spacial score (nSPS) is 17.8. The maximum atomic E-state index is 14.1. The van der Waals surface area contributed by atoms with Crippen LogP contribution in [0.3, 0.4) is 0 Å². The van der Waals surface area contributed by atoms with Crippen molar-refractivity contribution in [2.24, 2.45) is 10.1 Å². The van der Waals surface area contributed by atoms with Crippen LogP contribution in [0.25, 0.3) is 10.4 Å². The highest BCUT2D eigenvalue weighted by Crippen LogP contribution is 2.46. The number of nitrogens with one attached hydrogen (secondary N) is 2. The molecule has 13 nitrogen and oxygen atoms in total. The first kappa shape index (κ1) is 34.3. The molecule has 1 amide bonds. The predicted molar refractivity (Wildman–Crippen MR) is 166 cm³/mol. The van der Waals surface area contributed by atoms with Crippen LogP contribution in [0.2, 0.25) is 0 Å². The Morgan fingerprint density at radius 3 is 2.55 bits per heavy atom. The van der Waals surface area contributed by atoms with Crippen molar-refractivity contribution >= 4 is 23.5 Å². The zero-order valence-electron chi connectivity index (χ0n) is 26.1. The number of amides is 1. The number of ether oxygens (including phenoxy) is 3. The number of hydrogen-bond acceptors (Lipinski definition) is 10.